The first-order valence-corrected chi connectivity index (χ1v) is 2.50. The summed E-state index contributed by atoms with van der Waals surface area (Å²) in [5.41, 5.74) is 0.938. The Kier molecular flexibility index (Phi) is 1.33. The van der Waals surface area contributed by atoms with Crippen LogP contribution in [0.4, 0.5) is 0 Å². The van der Waals surface area contributed by atoms with Crippen molar-refractivity contribution in [3.05, 3.63) is 25.1 Å². The van der Waals surface area contributed by atoms with Crippen molar-refractivity contribution in [3.8, 4) is 0 Å². The highest BCUT2D eigenvalue weighted by molar-refractivity contribution is 4.96. The van der Waals surface area contributed by atoms with Crippen molar-refractivity contribution in [2.75, 3.05) is 0 Å². The van der Waals surface area contributed by atoms with Crippen LogP contribution in [-0.4, -0.2) is 9.55 Å². The summed E-state index contributed by atoms with van der Waals surface area (Å²) in [6, 6.07) is 0. The summed E-state index contributed by atoms with van der Waals surface area (Å²) in [7, 11) is 1.92. The lowest BCUT2D eigenvalue weighted by Gasteiger charge is -1.81. The van der Waals surface area contributed by atoms with E-state index in [-0.39, 0.29) is 0 Å². The van der Waals surface area contributed by atoms with Crippen LogP contribution in [0.3, 0.4) is 0 Å². The zero-order valence-electron chi connectivity index (χ0n) is 4.83. The van der Waals surface area contributed by atoms with Gasteiger partial charge in [-0.3, -0.25) is 0 Å². The number of imidazole rings is 1. The lowest BCUT2D eigenvalue weighted by molar-refractivity contribution is 0.912. The minimum Gasteiger partial charge on any atom is -0.340 e. The van der Waals surface area contributed by atoms with Gasteiger partial charge in [0.05, 0.1) is 12.0 Å². The zero-order valence-corrected chi connectivity index (χ0v) is 4.83. The van der Waals surface area contributed by atoms with E-state index in [1.807, 2.05) is 17.8 Å². The SMILES string of the molecule is [CH]Cc1cn(C)cn1. The van der Waals surface area contributed by atoms with Gasteiger partial charge in [-0.05, 0) is 13.3 Å². The summed E-state index contributed by atoms with van der Waals surface area (Å²) in [4.78, 5) is 3.97. The standard InChI is InChI=1S/C6H8N2/c1-3-6-4-8(2)5-7-6/h1,4-5H,3H2,2H3. The lowest BCUT2D eigenvalue weighted by atomic mass is 10.4. The van der Waals surface area contributed by atoms with Gasteiger partial charge in [-0.15, -0.1) is 0 Å². The van der Waals surface area contributed by atoms with Crippen molar-refractivity contribution >= 4 is 0 Å². The third-order valence-corrected chi connectivity index (χ3v) is 0.967. The molecule has 8 heavy (non-hydrogen) atoms. The second kappa shape index (κ2) is 1.99. The molecule has 0 aliphatic carbocycles. The molecular weight excluding hydrogens is 100 g/mol. The van der Waals surface area contributed by atoms with Crippen LogP contribution in [0.5, 0.6) is 0 Å². The molecule has 0 atom stereocenters. The van der Waals surface area contributed by atoms with E-state index in [9.17, 15) is 0 Å². The molecule has 1 rings (SSSR count). The maximum absolute atomic E-state index is 5.29. The maximum atomic E-state index is 5.29. The highest BCUT2D eigenvalue weighted by atomic mass is 15.0. The van der Waals surface area contributed by atoms with E-state index < -0.39 is 0 Å². The molecule has 2 radical (unpaired) electrons. The fourth-order valence-corrected chi connectivity index (χ4v) is 0.572. The Labute approximate surface area is 49.2 Å². The van der Waals surface area contributed by atoms with Crippen LogP contribution in [0, 0.1) is 6.92 Å². The van der Waals surface area contributed by atoms with Crippen molar-refractivity contribution in [1.82, 2.24) is 9.55 Å². The monoisotopic (exact) mass is 108 g/mol. The number of hydrogen-bond acceptors (Lipinski definition) is 1. The first kappa shape index (κ1) is 5.35. The molecule has 0 aliphatic heterocycles. The highest BCUT2D eigenvalue weighted by Gasteiger charge is 1.88. The van der Waals surface area contributed by atoms with Gasteiger partial charge in [0.2, 0.25) is 0 Å². The predicted molar refractivity (Wildman–Crippen MR) is 31.2 cm³/mol. The van der Waals surface area contributed by atoms with Crippen molar-refractivity contribution in [2.45, 2.75) is 6.42 Å². The first-order valence-electron chi connectivity index (χ1n) is 2.50. The Morgan fingerprint density at radius 2 is 2.62 bits per heavy atom. The summed E-state index contributed by atoms with van der Waals surface area (Å²) in [6.07, 6.45) is 4.17. The van der Waals surface area contributed by atoms with Crippen LogP contribution in [0.2, 0.25) is 0 Å². The van der Waals surface area contributed by atoms with E-state index in [0.717, 1.165) is 5.69 Å². The van der Waals surface area contributed by atoms with E-state index in [4.69, 9.17) is 6.92 Å². The van der Waals surface area contributed by atoms with Crippen molar-refractivity contribution in [1.29, 1.82) is 0 Å². The second-order valence-electron chi connectivity index (χ2n) is 1.73. The Balaban J connectivity index is 2.84. The quantitative estimate of drug-likeness (QED) is 0.517. The molecule has 0 amide bonds. The molecular formula is C6H8N2. The summed E-state index contributed by atoms with van der Waals surface area (Å²) in [5, 5.41) is 0. The fourth-order valence-electron chi connectivity index (χ4n) is 0.572. The van der Waals surface area contributed by atoms with Crippen LogP contribution in [0.25, 0.3) is 0 Å². The Morgan fingerprint density at radius 3 is 2.88 bits per heavy atom. The van der Waals surface area contributed by atoms with Gasteiger partial charge in [-0.1, -0.05) is 0 Å². The van der Waals surface area contributed by atoms with Gasteiger partial charge in [-0.25, -0.2) is 4.98 Å². The molecule has 0 bridgehead atoms. The average Bonchev–Trinajstić information content (AvgIpc) is 2.14. The van der Waals surface area contributed by atoms with Gasteiger partial charge >= 0.3 is 0 Å². The Bertz CT molecular complexity index is 167. The number of rotatable bonds is 1. The van der Waals surface area contributed by atoms with Gasteiger partial charge in [0.25, 0.3) is 0 Å². The molecule has 0 fully saturated rings. The van der Waals surface area contributed by atoms with Crippen LogP contribution >= 0.6 is 0 Å². The van der Waals surface area contributed by atoms with Gasteiger partial charge in [-0.2, -0.15) is 0 Å². The third kappa shape index (κ3) is 0.886. The van der Waals surface area contributed by atoms with Crippen molar-refractivity contribution in [3.63, 3.8) is 0 Å². The molecule has 0 saturated heterocycles. The lowest BCUT2D eigenvalue weighted by Crippen LogP contribution is -1.78. The van der Waals surface area contributed by atoms with E-state index in [0.29, 0.717) is 6.42 Å². The molecule has 0 aromatic carbocycles. The minimum absolute atomic E-state index is 0.529. The van der Waals surface area contributed by atoms with Gasteiger partial charge in [0.15, 0.2) is 0 Å². The number of hydrogen-bond donors (Lipinski definition) is 0. The van der Waals surface area contributed by atoms with Crippen molar-refractivity contribution < 1.29 is 0 Å². The molecule has 0 saturated carbocycles. The van der Waals surface area contributed by atoms with E-state index in [1.54, 1.807) is 6.33 Å². The summed E-state index contributed by atoms with van der Waals surface area (Å²) in [5.74, 6) is 0. The highest BCUT2D eigenvalue weighted by Crippen LogP contribution is 1.92. The van der Waals surface area contributed by atoms with Crippen LogP contribution in [0.15, 0.2) is 12.5 Å². The summed E-state index contributed by atoms with van der Waals surface area (Å²) >= 11 is 0. The first-order chi connectivity index (χ1) is 3.83. The normalized spacial score (nSPS) is 9.75. The van der Waals surface area contributed by atoms with Gasteiger partial charge in [0, 0.05) is 13.2 Å². The van der Waals surface area contributed by atoms with Gasteiger partial charge in [0.1, 0.15) is 0 Å². The topological polar surface area (TPSA) is 17.8 Å². The third-order valence-electron chi connectivity index (χ3n) is 0.967. The molecule has 1 aromatic rings. The number of aromatic nitrogens is 2. The average molecular weight is 108 g/mol. The Morgan fingerprint density at radius 1 is 1.88 bits per heavy atom. The molecule has 0 unspecified atom stereocenters. The molecule has 0 aliphatic rings. The Hall–Kier alpha value is -0.790. The molecule has 1 heterocycles. The fraction of sp³-hybridized carbons (Fsp3) is 0.333. The van der Waals surface area contributed by atoms with Crippen molar-refractivity contribution in [2.24, 2.45) is 7.05 Å². The van der Waals surface area contributed by atoms with E-state index in [2.05, 4.69) is 4.98 Å². The predicted octanol–water partition coefficient (Wildman–Crippen LogP) is 0.674. The summed E-state index contributed by atoms with van der Waals surface area (Å²) in [6.45, 7) is 5.29. The van der Waals surface area contributed by atoms with E-state index in [1.165, 1.54) is 0 Å². The van der Waals surface area contributed by atoms with Crippen LogP contribution in [-0.2, 0) is 13.5 Å². The van der Waals surface area contributed by atoms with Gasteiger partial charge < -0.3 is 4.57 Å². The minimum atomic E-state index is 0.529. The smallest absolute Gasteiger partial charge is 0.0946 e. The second-order valence-corrected chi connectivity index (χ2v) is 1.73. The molecule has 42 valence electrons. The summed E-state index contributed by atoms with van der Waals surface area (Å²) < 4.78 is 1.88. The zero-order chi connectivity index (χ0) is 5.98. The molecule has 2 heteroatoms. The largest absolute Gasteiger partial charge is 0.340 e. The molecule has 1 aromatic heterocycles. The van der Waals surface area contributed by atoms with Crippen LogP contribution < -0.4 is 0 Å². The van der Waals surface area contributed by atoms with E-state index >= 15 is 0 Å². The number of aryl methyl sites for hydroxylation is 1. The number of nitrogens with zero attached hydrogens (tertiary/aromatic N) is 2. The molecule has 0 N–H and O–H groups in total. The maximum Gasteiger partial charge on any atom is 0.0946 e. The molecule has 0 spiro atoms. The molecule has 2 nitrogen and oxygen atoms in total. The van der Waals surface area contributed by atoms with Crippen LogP contribution in [0.1, 0.15) is 5.69 Å².